The average Bonchev–Trinajstić information content (AvgIpc) is 1.32. The monoisotopic (exact) mass is 87.1 g/mol. The summed E-state index contributed by atoms with van der Waals surface area (Å²) in [5.74, 6) is 0. The first-order valence-corrected chi connectivity index (χ1v) is 2.29. The third kappa shape index (κ3) is 0.533. The van der Waals surface area contributed by atoms with Crippen molar-refractivity contribution < 1.29 is 4.59 Å². The third-order valence-corrected chi connectivity index (χ3v) is 1.21. The largest absolute Gasteiger partial charge is 0.249 e. The van der Waals surface area contributed by atoms with E-state index in [-0.39, 0.29) is 0 Å². The topological polar surface area (TPSA) is 12.0 Å². The summed E-state index contributed by atoms with van der Waals surface area (Å²) in [6.07, 6.45) is 0. The highest BCUT2D eigenvalue weighted by molar-refractivity contribution is 4.40. The molecule has 36 valence electrons. The van der Waals surface area contributed by atoms with E-state index in [0.29, 0.717) is 0 Å². The third-order valence-electron chi connectivity index (χ3n) is 1.21. The lowest BCUT2D eigenvalue weighted by Crippen LogP contribution is -2.65. The van der Waals surface area contributed by atoms with Crippen molar-refractivity contribution in [3.63, 3.8) is 0 Å². The standard InChI is InChI=1S/C4H11N2/c1-6(2)4-3-5-6/h5H,3-4H2,1-2H3/q+1. The summed E-state index contributed by atoms with van der Waals surface area (Å²) in [7, 11) is 4.31. The predicted octanol–water partition coefficient (Wildman–Crippen LogP) is -0.419. The Morgan fingerprint density at radius 1 is 1.50 bits per heavy atom. The van der Waals surface area contributed by atoms with Gasteiger partial charge in [-0.2, -0.15) is 5.43 Å². The smallest absolute Gasteiger partial charge is 0.114 e. The highest BCUT2D eigenvalue weighted by atomic mass is 15.7. The Morgan fingerprint density at radius 3 is 1.83 bits per heavy atom. The van der Waals surface area contributed by atoms with Crippen LogP contribution in [0.3, 0.4) is 0 Å². The van der Waals surface area contributed by atoms with E-state index in [9.17, 15) is 0 Å². The van der Waals surface area contributed by atoms with Crippen LogP contribution in [-0.4, -0.2) is 31.8 Å². The maximum atomic E-state index is 3.22. The molecule has 0 bridgehead atoms. The molecule has 6 heavy (non-hydrogen) atoms. The van der Waals surface area contributed by atoms with Crippen LogP contribution in [0.5, 0.6) is 0 Å². The van der Waals surface area contributed by atoms with Crippen molar-refractivity contribution in [1.29, 1.82) is 0 Å². The molecule has 1 rings (SSSR count). The minimum atomic E-state index is 1.00. The van der Waals surface area contributed by atoms with Crippen LogP contribution < -0.4 is 5.43 Å². The molecule has 1 aliphatic heterocycles. The zero-order valence-corrected chi connectivity index (χ0v) is 4.36. The summed E-state index contributed by atoms with van der Waals surface area (Å²) in [5.41, 5.74) is 3.22. The van der Waals surface area contributed by atoms with Crippen LogP contribution in [0.25, 0.3) is 0 Å². The van der Waals surface area contributed by atoms with Gasteiger partial charge in [-0.1, -0.05) is 0 Å². The number of hydrogen-bond acceptors (Lipinski definition) is 1. The van der Waals surface area contributed by atoms with Gasteiger partial charge in [-0.05, 0) is 0 Å². The molecule has 0 unspecified atom stereocenters. The molecule has 0 aromatic rings. The number of quaternary nitrogens is 1. The van der Waals surface area contributed by atoms with Crippen LogP contribution in [0.2, 0.25) is 0 Å². The summed E-state index contributed by atoms with van der Waals surface area (Å²) >= 11 is 0. The predicted molar refractivity (Wildman–Crippen MR) is 25.0 cm³/mol. The molecule has 0 aromatic carbocycles. The molecule has 1 saturated heterocycles. The first-order valence-electron chi connectivity index (χ1n) is 2.29. The number of rotatable bonds is 0. The minimum absolute atomic E-state index is 1.00. The van der Waals surface area contributed by atoms with Gasteiger partial charge in [0, 0.05) is 0 Å². The quantitative estimate of drug-likeness (QED) is 0.396. The molecule has 1 aliphatic rings. The zero-order valence-electron chi connectivity index (χ0n) is 4.36. The van der Waals surface area contributed by atoms with Crippen molar-refractivity contribution >= 4 is 0 Å². The summed E-state index contributed by atoms with van der Waals surface area (Å²) < 4.78 is 1.00. The van der Waals surface area contributed by atoms with E-state index in [1.807, 2.05) is 0 Å². The Labute approximate surface area is 38.3 Å². The highest BCUT2D eigenvalue weighted by Gasteiger charge is 2.23. The van der Waals surface area contributed by atoms with Gasteiger partial charge in [-0.15, -0.1) is 0 Å². The molecule has 2 heteroatoms. The second-order valence-electron chi connectivity index (χ2n) is 2.32. The summed E-state index contributed by atoms with van der Waals surface area (Å²) in [5, 5.41) is 0. The first kappa shape index (κ1) is 4.09. The molecule has 0 aliphatic carbocycles. The fourth-order valence-electron chi connectivity index (χ4n) is 0.559. The molecule has 0 saturated carbocycles. The van der Waals surface area contributed by atoms with E-state index >= 15 is 0 Å². The summed E-state index contributed by atoms with van der Waals surface area (Å²) in [6, 6.07) is 0. The molecular weight excluding hydrogens is 76.1 g/mol. The second-order valence-corrected chi connectivity index (χ2v) is 2.32. The van der Waals surface area contributed by atoms with Crippen molar-refractivity contribution in [1.82, 2.24) is 5.43 Å². The molecule has 0 atom stereocenters. The van der Waals surface area contributed by atoms with Gasteiger partial charge < -0.3 is 0 Å². The van der Waals surface area contributed by atoms with Crippen molar-refractivity contribution in [3.05, 3.63) is 0 Å². The van der Waals surface area contributed by atoms with Gasteiger partial charge in [0.2, 0.25) is 0 Å². The van der Waals surface area contributed by atoms with E-state index in [1.54, 1.807) is 0 Å². The van der Waals surface area contributed by atoms with Gasteiger partial charge >= 0.3 is 0 Å². The second kappa shape index (κ2) is 0.950. The summed E-state index contributed by atoms with van der Waals surface area (Å²) in [4.78, 5) is 0. The Morgan fingerprint density at radius 2 is 1.83 bits per heavy atom. The lowest BCUT2D eigenvalue weighted by Gasteiger charge is -2.37. The van der Waals surface area contributed by atoms with Crippen LogP contribution in [0.4, 0.5) is 0 Å². The van der Waals surface area contributed by atoms with Crippen LogP contribution in [0.15, 0.2) is 0 Å². The highest BCUT2D eigenvalue weighted by Crippen LogP contribution is 1.96. The Balaban J connectivity index is 2.31. The number of nitrogens with zero attached hydrogens (tertiary/aromatic N) is 1. The fourth-order valence-corrected chi connectivity index (χ4v) is 0.559. The Kier molecular flexibility index (Phi) is 0.648. The maximum Gasteiger partial charge on any atom is 0.114 e. The molecule has 0 radical (unpaired) electrons. The van der Waals surface area contributed by atoms with Gasteiger partial charge in [-0.3, -0.25) is 0 Å². The van der Waals surface area contributed by atoms with Gasteiger partial charge in [0.1, 0.15) is 6.54 Å². The zero-order chi connectivity index (χ0) is 4.62. The van der Waals surface area contributed by atoms with Crippen molar-refractivity contribution in [2.75, 3.05) is 27.2 Å². The van der Waals surface area contributed by atoms with Crippen molar-refractivity contribution in [2.24, 2.45) is 0 Å². The molecule has 0 aromatic heterocycles. The number of nitrogens with one attached hydrogen (secondary N) is 1. The van der Waals surface area contributed by atoms with E-state index in [0.717, 1.165) is 4.59 Å². The van der Waals surface area contributed by atoms with E-state index in [2.05, 4.69) is 19.5 Å². The lowest BCUT2D eigenvalue weighted by molar-refractivity contribution is -0.971. The molecular formula is C4H11N2+. The van der Waals surface area contributed by atoms with Crippen LogP contribution >= 0.6 is 0 Å². The van der Waals surface area contributed by atoms with Gasteiger partial charge in [0.15, 0.2) is 0 Å². The van der Waals surface area contributed by atoms with Crippen LogP contribution in [0.1, 0.15) is 0 Å². The Hall–Kier alpha value is -0.0800. The van der Waals surface area contributed by atoms with Crippen molar-refractivity contribution in [3.8, 4) is 0 Å². The van der Waals surface area contributed by atoms with E-state index < -0.39 is 0 Å². The van der Waals surface area contributed by atoms with Crippen LogP contribution in [0, 0.1) is 0 Å². The number of hydrogen-bond donors (Lipinski definition) is 1. The minimum Gasteiger partial charge on any atom is -0.249 e. The SMILES string of the molecule is C[N+]1(C)CCN1. The van der Waals surface area contributed by atoms with E-state index in [1.165, 1.54) is 13.1 Å². The molecule has 0 spiro atoms. The van der Waals surface area contributed by atoms with Gasteiger partial charge in [-0.25, -0.2) is 4.59 Å². The molecule has 1 N–H and O–H groups in total. The molecule has 1 fully saturated rings. The van der Waals surface area contributed by atoms with E-state index in [4.69, 9.17) is 0 Å². The van der Waals surface area contributed by atoms with Gasteiger partial charge in [0.25, 0.3) is 0 Å². The lowest BCUT2D eigenvalue weighted by atomic mass is 10.5. The number of likely N-dealkylation sites (N-methyl/N-ethyl adjacent to an activating group) is 1. The fraction of sp³-hybridized carbons (Fsp3) is 1.00. The first-order chi connectivity index (χ1) is 2.71. The normalized spacial score (nSPS) is 29.0. The van der Waals surface area contributed by atoms with Gasteiger partial charge in [0.05, 0.1) is 20.6 Å². The molecule has 1 heterocycles. The maximum absolute atomic E-state index is 3.22. The summed E-state index contributed by atoms with van der Waals surface area (Å²) in [6.45, 7) is 2.47. The Bertz CT molecular complexity index is 52.6. The van der Waals surface area contributed by atoms with Crippen LogP contribution in [-0.2, 0) is 0 Å². The molecule has 2 nitrogen and oxygen atoms in total. The average molecular weight is 87.1 g/mol. The van der Waals surface area contributed by atoms with Crippen molar-refractivity contribution in [2.45, 2.75) is 0 Å². The molecule has 0 amide bonds.